The molecule has 0 unspecified atom stereocenters. The van der Waals surface area contributed by atoms with Crippen LogP contribution in [0.15, 0.2) is 118 Å². The Kier molecular flexibility index (Phi) is 7.41. The van der Waals surface area contributed by atoms with Gasteiger partial charge in [0.15, 0.2) is 11.5 Å². The normalized spacial score (nSPS) is 14.4. The molecule has 0 spiro atoms. The van der Waals surface area contributed by atoms with Gasteiger partial charge >= 0.3 is 0 Å². The number of benzene rings is 3. The second kappa shape index (κ2) is 11.6. The monoisotopic (exact) mass is 546 g/mol. The Bertz CT molecular complexity index is 1630. The van der Waals surface area contributed by atoms with Crippen molar-refractivity contribution in [2.75, 3.05) is 13.6 Å². The van der Waals surface area contributed by atoms with E-state index in [1.807, 2.05) is 77.7 Å². The first-order chi connectivity index (χ1) is 20.1. The Morgan fingerprint density at radius 3 is 2.44 bits per heavy atom. The lowest BCUT2D eigenvalue weighted by atomic mass is 9.87. The van der Waals surface area contributed by atoms with Gasteiger partial charge in [0, 0.05) is 20.1 Å². The lowest BCUT2D eigenvalue weighted by Gasteiger charge is -2.37. The third-order valence-corrected chi connectivity index (χ3v) is 7.32. The van der Waals surface area contributed by atoms with Crippen LogP contribution in [0.25, 0.3) is 0 Å². The van der Waals surface area contributed by atoms with E-state index in [0.717, 1.165) is 23.1 Å². The molecule has 0 bridgehead atoms. The number of carbonyl (C=O) groups is 2. The van der Waals surface area contributed by atoms with Gasteiger partial charge in [-0.25, -0.2) is 0 Å². The number of hydrogen-bond acceptors (Lipinski definition) is 5. The first-order valence-electron chi connectivity index (χ1n) is 13.6. The van der Waals surface area contributed by atoms with Gasteiger partial charge in [-0.05, 0) is 65.1 Å². The van der Waals surface area contributed by atoms with E-state index in [4.69, 9.17) is 13.6 Å². The van der Waals surface area contributed by atoms with Gasteiger partial charge in [0.25, 0.3) is 11.8 Å². The number of fused-ring (bicyclic) bond motifs is 1. The predicted octanol–water partition coefficient (Wildman–Crippen LogP) is 6.51. The minimum atomic E-state index is -0.283. The number of hydrogen-bond donors (Lipinski definition) is 0. The summed E-state index contributed by atoms with van der Waals surface area (Å²) in [5.41, 5.74) is 4.24. The summed E-state index contributed by atoms with van der Waals surface area (Å²) >= 11 is 0. The van der Waals surface area contributed by atoms with Gasteiger partial charge in [-0.1, -0.05) is 66.7 Å². The second-order valence-corrected chi connectivity index (χ2v) is 10.1. The molecular weight excluding hydrogens is 516 g/mol. The fraction of sp³-hybridized carbons (Fsp3) is 0.176. The zero-order valence-corrected chi connectivity index (χ0v) is 22.7. The van der Waals surface area contributed by atoms with E-state index < -0.39 is 0 Å². The maximum atomic E-state index is 13.4. The number of furan rings is 2. The van der Waals surface area contributed by atoms with Crippen LogP contribution < -0.4 is 4.74 Å². The molecule has 1 aliphatic rings. The molecule has 0 radical (unpaired) electrons. The Morgan fingerprint density at radius 2 is 1.68 bits per heavy atom. The van der Waals surface area contributed by atoms with E-state index in [1.54, 1.807) is 36.2 Å². The number of carbonyl (C=O) groups excluding carboxylic acids is 2. The molecule has 0 fully saturated rings. The SMILES string of the molecule is CN(Cc1ccccc1)C(=O)c1ccc(COc2ccc3c(c2)[C@@H](c2ccccc2)N(C(=O)c2ccco2)CC3)o1. The highest BCUT2D eigenvalue weighted by Crippen LogP contribution is 2.38. The summed E-state index contributed by atoms with van der Waals surface area (Å²) in [7, 11) is 1.75. The highest BCUT2D eigenvalue weighted by molar-refractivity contribution is 5.92. The maximum absolute atomic E-state index is 13.4. The van der Waals surface area contributed by atoms with Crippen LogP contribution in [0, 0.1) is 0 Å². The Labute approximate surface area is 238 Å². The molecule has 5 aromatic rings. The van der Waals surface area contributed by atoms with E-state index in [2.05, 4.69) is 6.07 Å². The average molecular weight is 547 g/mol. The first-order valence-corrected chi connectivity index (χ1v) is 13.6. The van der Waals surface area contributed by atoms with Crippen molar-refractivity contribution in [3.05, 3.63) is 149 Å². The van der Waals surface area contributed by atoms with Crippen LogP contribution in [0.1, 0.15) is 55.2 Å². The number of amides is 2. The molecule has 2 amide bonds. The summed E-state index contributed by atoms with van der Waals surface area (Å²) in [6.07, 6.45) is 2.25. The van der Waals surface area contributed by atoms with E-state index in [9.17, 15) is 9.59 Å². The van der Waals surface area contributed by atoms with E-state index in [0.29, 0.717) is 30.4 Å². The maximum Gasteiger partial charge on any atom is 0.290 e. The summed E-state index contributed by atoms with van der Waals surface area (Å²) in [5.74, 6) is 1.45. The van der Waals surface area contributed by atoms with Gasteiger partial charge in [-0.3, -0.25) is 9.59 Å². The molecule has 0 N–H and O–H groups in total. The minimum Gasteiger partial charge on any atom is -0.486 e. The van der Waals surface area contributed by atoms with E-state index in [-0.39, 0.29) is 30.2 Å². The summed E-state index contributed by atoms with van der Waals surface area (Å²) in [4.78, 5) is 29.8. The third kappa shape index (κ3) is 5.65. The topological polar surface area (TPSA) is 76.1 Å². The molecule has 1 aliphatic heterocycles. The lowest BCUT2D eigenvalue weighted by Crippen LogP contribution is -2.40. The lowest BCUT2D eigenvalue weighted by molar-refractivity contribution is 0.0661. The quantitative estimate of drug-likeness (QED) is 0.222. The largest absolute Gasteiger partial charge is 0.486 e. The Morgan fingerprint density at radius 1 is 0.902 bits per heavy atom. The smallest absolute Gasteiger partial charge is 0.290 e. The van der Waals surface area contributed by atoms with Crippen LogP contribution in [0.2, 0.25) is 0 Å². The van der Waals surface area contributed by atoms with Crippen molar-refractivity contribution in [3.63, 3.8) is 0 Å². The number of nitrogens with zero attached hydrogens (tertiary/aromatic N) is 2. The van der Waals surface area contributed by atoms with Crippen LogP contribution >= 0.6 is 0 Å². The van der Waals surface area contributed by atoms with Crippen LogP contribution in [0.5, 0.6) is 5.75 Å². The summed E-state index contributed by atoms with van der Waals surface area (Å²) in [5, 5.41) is 0. The van der Waals surface area contributed by atoms with Crippen LogP contribution in [-0.4, -0.2) is 35.2 Å². The van der Waals surface area contributed by atoms with Crippen molar-refractivity contribution in [3.8, 4) is 5.75 Å². The van der Waals surface area contributed by atoms with Crippen molar-refractivity contribution in [2.45, 2.75) is 25.6 Å². The Balaban J connectivity index is 1.19. The standard InChI is InChI=1S/C34H30N2O5/c1-35(22-24-9-4-2-5-10-24)33(37)31-17-16-28(41-31)23-40-27-15-14-25-18-19-36(34(38)30-13-8-20-39-30)32(29(25)21-27)26-11-6-3-7-12-26/h2-17,20-21,32H,18-19,22-23H2,1H3/t32-/m1/s1. The molecule has 3 heterocycles. The molecule has 7 heteroatoms. The van der Waals surface area contributed by atoms with Gasteiger partial charge in [0.05, 0.1) is 12.3 Å². The van der Waals surface area contributed by atoms with Crippen molar-refractivity contribution < 1.29 is 23.2 Å². The van der Waals surface area contributed by atoms with Crippen LogP contribution in [0.4, 0.5) is 0 Å². The number of ether oxygens (including phenoxy) is 1. The fourth-order valence-electron chi connectivity index (χ4n) is 5.28. The van der Waals surface area contributed by atoms with Gasteiger partial charge in [0.1, 0.15) is 18.1 Å². The summed E-state index contributed by atoms with van der Waals surface area (Å²) in [6, 6.07) is 32.4. The van der Waals surface area contributed by atoms with Crippen molar-refractivity contribution in [2.24, 2.45) is 0 Å². The zero-order valence-electron chi connectivity index (χ0n) is 22.7. The number of rotatable bonds is 8. The van der Waals surface area contributed by atoms with Crippen molar-refractivity contribution in [1.29, 1.82) is 0 Å². The molecule has 0 aliphatic carbocycles. The fourth-order valence-corrected chi connectivity index (χ4v) is 5.28. The molecule has 0 saturated heterocycles. The van der Waals surface area contributed by atoms with Crippen molar-refractivity contribution >= 4 is 11.8 Å². The third-order valence-electron chi connectivity index (χ3n) is 7.32. The molecule has 41 heavy (non-hydrogen) atoms. The molecule has 2 aromatic heterocycles. The highest BCUT2D eigenvalue weighted by atomic mass is 16.5. The predicted molar refractivity (Wildman–Crippen MR) is 153 cm³/mol. The molecular formula is C34H30N2O5. The molecule has 6 rings (SSSR count). The second-order valence-electron chi connectivity index (χ2n) is 10.1. The first kappa shape index (κ1) is 26.2. The van der Waals surface area contributed by atoms with Gasteiger partial charge in [-0.15, -0.1) is 0 Å². The van der Waals surface area contributed by atoms with Crippen LogP contribution in [-0.2, 0) is 19.6 Å². The average Bonchev–Trinajstić information content (AvgIpc) is 3.73. The molecule has 3 aromatic carbocycles. The van der Waals surface area contributed by atoms with Crippen LogP contribution in [0.3, 0.4) is 0 Å². The zero-order chi connectivity index (χ0) is 28.2. The van der Waals surface area contributed by atoms with Crippen molar-refractivity contribution in [1.82, 2.24) is 9.80 Å². The van der Waals surface area contributed by atoms with Gasteiger partial charge in [-0.2, -0.15) is 0 Å². The molecule has 7 nitrogen and oxygen atoms in total. The summed E-state index contributed by atoms with van der Waals surface area (Å²) < 4.78 is 17.4. The molecule has 0 saturated carbocycles. The minimum absolute atomic E-state index is 0.147. The summed E-state index contributed by atoms with van der Waals surface area (Å²) in [6.45, 7) is 1.23. The highest BCUT2D eigenvalue weighted by Gasteiger charge is 2.34. The van der Waals surface area contributed by atoms with Gasteiger partial charge < -0.3 is 23.4 Å². The molecule has 206 valence electrons. The van der Waals surface area contributed by atoms with E-state index >= 15 is 0 Å². The van der Waals surface area contributed by atoms with E-state index in [1.165, 1.54) is 11.8 Å². The van der Waals surface area contributed by atoms with Gasteiger partial charge in [0.2, 0.25) is 0 Å². The molecule has 1 atom stereocenters. The Hall–Kier alpha value is -5.04.